The molecule has 48 heavy (non-hydrogen) atoms. The van der Waals surface area contributed by atoms with Crippen molar-refractivity contribution in [1.29, 1.82) is 0 Å². The molecule has 224 valence electrons. The van der Waals surface area contributed by atoms with Crippen molar-refractivity contribution in [3.63, 3.8) is 0 Å². The number of benzene rings is 7. The fraction of sp³-hybridized carbons (Fsp3) is 0. The Bertz CT molecular complexity index is 2760. The van der Waals surface area contributed by atoms with Crippen LogP contribution in [0.2, 0.25) is 0 Å². The van der Waals surface area contributed by atoms with Crippen LogP contribution in [0.3, 0.4) is 0 Å². The highest BCUT2D eigenvalue weighted by Crippen LogP contribution is 2.45. The standard InChI is InChI=1S/C43H25N3O2/c1-3-11-27(12-4-1)41-44-42(28-13-5-2-6-14-28)46-43(45-41)29-21-19-26(20-22-29)30-23-24-34-36(25-30)48-39-32-16-8-7-15-31(32)37-33-17-9-10-18-35(33)47-40(37)38(34)39/h1-25H. The number of rotatable bonds is 4. The van der Waals surface area contributed by atoms with Crippen LogP contribution < -0.4 is 0 Å². The van der Waals surface area contributed by atoms with Gasteiger partial charge in [0, 0.05) is 38.2 Å². The number of para-hydroxylation sites is 1. The molecule has 0 saturated heterocycles. The molecule has 0 atom stereocenters. The maximum Gasteiger partial charge on any atom is 0.164 e. The minimum Gasteiger partial charge on any atom is -0.455 e. The molecule has 5 nitrogen and oxygen atoms in total. The van der Waals surface area contributed by atoms with Gasteiger partial charge < -0.3 is 8.83 Å². The number of aromatic nitrogens is 3. The van der Waals surface area contributed by atoms with E-state index in [1.54, 1.807) is 0 Å². The van der Waals surface area contributed by atoms with Crippen molar-refractivity contribution >= 4 is 54.6 Å². The van der Waals surface area contributed by atoms with E-state index in [2.05, 4.69) is 78.9 Å². The Morgan fingerprint density at radius 1 is 0.312 bits per heavy atom. The van der Waals surface area contributed by atoms with Crippen LogP contribution in [0.5, 0.6) is 0 Å². The first-order valence-corrected chi connectivity index (χ1v) is 15.9. The molecule has 3 heterocycles. The van der Waals surface area contributed by atoms with E-state index in [9.17, 15) is 0 Å². The molecule has 0 unspecified atom stereocenters. The van der Waals surface area contributed by atoms with Crippen LogP contribution in [0, 0.1) is 0 Å². The lowest BCUT2D eigenvalue weighted by Crippen LogP contribution is -2.00. The molecule has 0 radical (unpaired) electrons. The predicted octanol–water partition coefficient (Wildman–Crippen LogP) is 11.5. The van der Waals surface area contributed by atoms with Crippen molar-refractivity contribution in [1.82, 2.24) is 15.0 Å². The fourth-order valence-electron chi connectivity index (χ4n) is 6.83. The van der Waals surface area contributed by atoms with Gasteiger partial charge in [-0.2, -0.15) is 0 Å². The van der Waals surface area contributed by atoms with Gasteiger partial charge >= 0.3 is 0 Å². The van der Waals surface area contributed by atoms with Crippen molar-refractivity contribution < 1.29 is 8.83 Å². The van der Waals surface area contributed by atoms with Gasteiger partial charge in [-0.05, 0) is 34.7 Å². The van der Waals surface area contributed by atoms with Crippen LogP contribution in [0.1, 0.15) is 0 Å². The highest BCUT2D eigenvalue weighted by Gasteiger charge is 2.21. The Balaban J connectivity index is 1.09. The second-order valence-corrected chi connectivity index (χ2v) is 12.0. The van der Waals surface area contributed by atoms with Gasteiger partial charge in [0.25, 0.3) is 0 Å². The highest BCUT2D eigenvalue weighted by atomic mass is 16.3. The maximum atomic E-state index is 6.65. The Morgan fingerprint density at radius 2 is 0.792 bits per heavy atom. The van der Waals surface area contributed by atoms with E-state index in [4.69, 9.17) is 23.8 Å². The lowest BCUT2D eigenvalue weighted by Gasteiger charge is -2.09. The van der Waals surface area contributed by atoms with E-state index in [1.165, 1.54) is 0 Å². The Morgan fingerprint density at radius 3 is 1.46 bits per heavy atom. The molecule has 0 saturated carbocycles. The molecule has 10 aromatic rings. The lowest BCUT2D eigenvalue weighted by atomic mass is 9.98. The van der Waals surface area contributed by atoms with Gasteiger partial charge in [-0.3, -0.25) is 0 Å². The summed E-state index contributed by atoms with van der Waals surface area (Å²) in [5.41, 5.74) is 8.34. The smallest absolute Gasteiger partial charge is 0.164 e. The van der Waals surface area contributed by atoms with Gasteiger partial charge in [0.2, 0.25) is 0 Å². The minimum atomic E-state index is 0.628. The van der Waals surface area contributed by atoms with Crippen LogP contribution in [0.15, 0.2) is 160 Å². The van der Waals surface area contributed by atoms with Gasteiger partial charge in [-0.1, -0.05) is 133 Å². The van der Waals surface area contributed by atoms with Crippen LogP contribution in [-0.2, 0) is 0 Å². The maximum absolute atomic E-state index is 6.65. The van der Waals surface area contributed by atoms with Crippen LogP contribution >= 0.6 is 0 Å². The molecule has 0 aliphatic heterocycles. The van der Waals surface area contributed by atoms with Crippen LogP contribution in [0.25, 0.3) is 99.9 Å². The van der Waals surface area contributed by atoms with E-state index in [0.717, 1.165) is 82.5 Å². The molecule has 10 rings (SSSR count). The van der Waals surface area contributed by atoms with Crippen molar-refractivity contribution in [2.24, 2.45) is 0 Å². The van der Waals surface area contributed by atoms with Crippen molar-refractivity contribution in [2.45, 2.75) is 0 Å². The van der Waals surface area contributed by atoms with Gasteiger partial charge in [-0.15, -0.1) is 0 Å². The number of hydrogen-bond donors (Lipinski definition) is 0. The molecule has 5 heteroatoms. The Hall–Kier alpha value is -6.59. The SMILES string of the molecule is c1ccc(-c2nc(-c3ccccc3)nc(-c3ccc(-c4ccc5c(c4)oc4c6ccccc6c6c7ccccc7oc6c54)cc3)n2)cc1. The normalized spacial score (nSPS) is 11.8. The van der Waals surface area contributed by atoms with Gasteiger partial charge in [0.15, 0.2) is 17.5 Å². The number of fused-ring (bicyclic) bond motifs is 10. The summed E-state index contributed by atoms with van der Waals surface area (Å²) in [5.74, 6) is 1.92. The van der Waals surface area contributed by atoms with Gasteiger partial charge in [0.1, 0.15) is 22.3 Å². The first-order chi connectivity index (χ1) is 23.8. The predicted molar refractivity (Wildman–Crippen MR) is 194 cm³/mol. The lowest BCUT2D eigenvalue weighted by molar-refractivity contribution is 0.665. The summed E-state index contributed by atoms with van der Waals surface area (Å²) in [7, 11) is 0. The third-order valence-corrected chi connectivity index (χ3v) is 9.13. The fourth-order valence-corrected chi connectivity index (χ4v) is 6.83. The summed E-state index contributed by atoms with van der Waals surface area (Å²) in [6, 6.07) is 51.5. The average molecular weight is 616 g/mol. The molecule has 0 spiro atoms. The Kier molecular flexibility index (Phi) is 5.81. The third-order valence-electron chi connectivity index (χ3n) is 9.13. The number of hydrogen-bond acceptors (Lipinski definition) is 5. The molecular formula is C43H25N3O2. The average Bonchev–Trinajstić information content (AvgIpc) is 3.74. The molecule has 3 aromatic heterocycles. The van der Waals surface area contributed by atoms with Gasteiger partial charge in [-0.25, -0.2) is 15.0 Å². The molecule has 0 bridgehead atoms. The van der Waals surface area contributed by atoms with E-state index in [0.29, 0.717) is 17.5 Å². The quantitative estimate of drug-likeness (QED) is 0.197. The molecule has 0 N–H and O–H groups in total. The van der Waals surface area contributed by atoms with Crippen molar-refractivity contribution in [3.8, 4) is 45.3 Å². The topological polar surface area (TPSA) is 65.0 Å². The van der Waals surface area contributed by atoms with Crippen LogP contribution in [0.4, 0.5) is 0 Å². The Labute approximate surface area is 274 Å². The molecule has 0 aliphatic rings. The molecular weight excluding hydrogens is 590 g/mol. The van der Waals surface area contributed by atoms with Crippen molar-refractivity contribution in [3.05, 3.63) is 152 Å². The van der Waals surface area contributed by atoms with E-state index < -0.39 is 0 Å². The monoisotopic (exact) mass is 615 g/mol. The highest BCUT2D eigenvalue weighted by molar-refractivity contribution is 6.33. The zero-order valence-corrected chi connectivity index (χ0v) is 25.6. The zero-order valence-electron chi connectivity index (χ0n) is 25.6. The number of furan rings is 2. The first-order valence-electron chi connectivity index (χ1n) is 15.9. The summed E-state index contributed by atoms with van der Waals surface area (Å²) in [4.78, 5) is 14.6. The summed E-state index contributed by atoms with van der Waals surface area (Å²) in [5, 5.41) is 6.49. The second-order valence-electron chi connectivity index (χ2n) is 12.0. The molecule has 0 amide bonds. The van der Waals surface area contributed by atoms with Crippen molar-refractivity contribution in [2.75, 3.05) is 0 Å². The summed E-state index contributed by atoms with van der Waals surface area (Å²) >= 11 is 0. The first kappa shape index (κ1) is 26.6. The number of nitrogens with zero attached hydrogens (tertiary/aromatic N) is 3. The molecule has 0 fully saturated rings. The van der Waals surface area contributed by atoms with Crippen LogP contribution in [-0.4, -0.2) is 15.0 Å². The van der Waals surface area contributed by atoms with E-state index in [1.807, 2.05) is 72.8 Å². The summed E-state index contributed by atoms with van der Waals surface area (Å²) < 4.78 is 13.2. The molecule has 0 aliphatic carbocycles. The summed E-state index contributed by atoms with van der Waals surface area (Å²) in [6.45, 7) is 0. The molecule has 7 aromatic carbocycles. The largest absolute Gasteiger partial charge is 0.455 e. The summed E-state index contributed by atoms with van der Waals surface area (Å²) in [6.07, 6.45) is 0. The second kappa shape index (κ2) is 10.5. The third kappa shape index (κ3) is 4.15. The zero-order chi connectivity index (χ0) is 31.6. The minimum absolute atomic E-state index is 0.628. The van der Waals surface area contributed by atoms with E-state index >= 15 is 0 Å². The van der Waals surface area contributed by atoms with E-state index in [-0.39, 0.29) is 0 Å². The van der Waals surface area contributed by atoms with Gasteiger partial charge in [0.05, 0.1) is 5.39 Å².